The van der Waals surface area contributed by atoms with Gasteiger partial charge in [0.25, 0.3) is 5.56 Å². The van der Waals surface area contributed by atoms with Crippen molar-refractivity contribution >= 4 is 55.2 Å². The van der Waals surface area contributed by atoms with Gasteiger partial charge in [-0.1, -0.05) is 67.5 Å². The summed E-state index contributed by atoms with van der Waals surface area (Å²) in [5.74, 6) is 0.745. The fourth-order valence-electron chi connectivity index (χ4n) is 4.63. The van der Waals surface area contributed by atoms with E-state index in [-0.39, 0.29) is 11.7 Å². The Labute approximate surface area is 264 Å². The zero-order valence-corrected chi connectivity index (χ0v) is 27.4. The van der Waals surface area contributed by atoms with Crippen LogP contribution >= 0.6 is 43.2 Å². The molecule has 0 unspecified atom stereocenters. The van der Waals surface area contributed by atoms with E-state index in [4.69, 9.17) is 14.2 Å². The number of nitrogens with zero attached hydrogens (tertiary/aromatic N) is 2. The van der Waals surface area contributed by atoms with Crippen molar-refractivity contribution in [3.63, 3.8) is 0 Å². The third-order valence-electron chi connectivity index (χ3n) is 6.57. The van der Waals surface area contributed by atoms with Crippen molar-refractivity contribution in [3.05, 3.63) is 123 Å². The molecule has 5 rings (SSSR count). The van der Waals surface area contributed by atoms with E-state index in [1.807, 2.05) is 66.7 Å². The van der Waals surface area contributed by atoms with Gasteiger partial charge >= 0.3 is 5.97 Å². The van der Waals surface area contributed by atoms with Gasteiger partial charge in [-0.05, 0) is 80.4 Å². The molecule has 2 heterocycles. The van der Waals surface area contributed by atoms with Crippen LogP contribution in [0, 0.1) is 0 Å². The van der Waals surface area contributed by atoms with Crippen molar-refractivity contribution in [2.75, 3.05) is 7.11 Å². The number of rotatable bonds is 8. The molecular weight excluding hydrogens is 684 g/mol. The van der Waals surface area contributed by atoms with Crippen LogP contribution in [0.4, 0.5) is 0 Å². The standard InChI is InChI=1S/C32H28Br2N2O5S/c1-18(2)41-31(38)28-19(3)35-32-36(29(28)25-16-23(34)11-14-26(25)39-4)30(37)27(42-32)15-20-7-12-24(13-8-20)40-17-21-5-9-22(33)10-6-21/h5-16,18,29H,17H2,1-4H3/b27-15-/t29-/m1/s1. The molecule has 1 aromatic heterocycles. The van der Waals surface area contributed by atoms with E-state index in [1.165, 1.54) is 11.3 Å². The molecule has 0 N–H and O–H groups in total. The van der Waals surface area contributed by atoms with Crippen LogP contribution < -0.4 is 24.4 Å². The van der Waals surface area contributed by atoms with Gasteiger partial charge in [0.1, 0.15) is 24.1 Å². The van der Waals surface area contributed by atoms with Crippen molar-refractivity contribution < 1.29 is 19.0 Å². The number of thiazole rings is 1. The lowest BCUT2D eigenvalue weighted by atomic mass is 9.95. The predicted octanol–water partition coefficient (Wildman–Crippen LogP) is 6.30. The average molecular weight is 712 g/mol. The molecule has 0 spiro atoms. The zero-order valence-electron chi connectivity index (χ0n) is 23.4. The van der Waals surface area contributed by atoms with E-state index in [0.29, 0.717) is 38.5 Å². The number of methoxy groups -OCH3 is 1. The first-order valence-electron chi connectivity index (χ1n) is 13.2. The first kappa shape index (κ1) is 30.0. The highest BCUT2D eigenvalue weighted by molar-refractivity contribution is 9.10. The van der Waals surface area contributed by atoms with Crippen molar-refractivity contribution in [2.45, 2.75) is 39.5 Å². The molecule has 10 heteroatoms. The molecule has 1 atom stereocenters. The fourth-order valence-corrected chi connectivity index (χ4v) is 6.32. The Morgan fingerprint density at radius 3 is 2.40 bits per heavy atom. The van der Waals surface area contributed by atoms with E-state index >= 15 is 0 Å². The molecule has 0 amide bonds. The van der Waals surface area contributed by atoms with E-state index in [9.17, 15) is 9.59 Å². The third kappa shape index (κ3) is 6.45. The van der Waals surface area contributed by atoms with E-state index in [1.54, 1.807) is 38.5 Å². The number of fused-ring (bicyclic) bond motifs is 1. The SMILES string of the molecule is COc1ccc(Br)cc1[C@@H]1C(C(=O)OC(C)C)=C(C)N=c2s/c(=C\c3ccc(OCc4ccc(Br)cc4)cc3)c(=O)n21. The van der Waals surface area contributed by atoms with Crippen LogP contribution in [0.3, 0.4) is 0 Å². The van der Waals surface area contributed by atoms with Crippen molar-refractivity contribution in [1.29, 1.82) is 0 Å². The minimum absolute atomic E-state index is 0.260. The van der Waals surface area contributed by atoms with Crippen molar-refractivity contribution in [2.24, 2.45) is 4.99 Å². The lowest BCUT2D eigenvalue weighted by Gasteiger charge is -2.26. The minimum Gasteiger partial charge on any atom is -0.496 e. The molecule has 0 bridgehead atoms. The highest BCUT2D eigenvalue weighted by Crippen LogP contribution is 2.37. The van der Waals surface area contributed by atoms with Gasteiger partial charge in [-0.3, -0.25) is 9.36 Å². The second-order valence-electron chi connectivity index (χ2n) is 9.91. The minimum atomic E-state index is -0.781. The number of allylic oxidation sites excluding steroid dienone is 1. The number of ether oxygens (including phenoxy) is 3. The van der Waals surface area contributed by atoms with Gasteiger partial charge in [0.15, 0.2) is 4.80 Å². The molecular formula is C32H28Br2N2O5S. The maximum absolute atomic E-state index is 14.0. The molecule has 1 aliphatic heterocycles. The summed E-state index contributed by atoms with van der Waals surface area (Å²) < 4.78 is 21.0. The van der Waals surface area contributed by atoms with Crippen LogP contribution in [0.15, 0.2) is 96.7 Å². The van der Waals surface area contributed by atoms with Crippen LogP contribution in [-0.4, -0.2) is 23.8 Å². The molecule has 3 aromatic carbocycles. The molecule has 4 aromatic rings. The molecule has 42 heavy (non-hydrogen) atoms. The van der Waals surface area contributed by atoms with E-state index < -0.39 is 12.0 Å². The van der Waals surface area contributed by atoms with Crippen LogP contribution in [0.5, 0.6) is 11.5 Å². The summed E-state index contributed by atoms with van der Waals surface area (Å²) in [5, 5.41) is 0. The van der Waals surface area contributed by atoms with E-state index in [2.05, 4.69) is 36.9 Å². The molecule has 7 nitrogen and oxygen atoms in total. The Bertz CT molecular complexity index is 1840. The van der Waals surface area contributed by atoms with Crippen LogP contribution in [0.25, 0.3) is 6.08 Å². The van der Waals surface area contributed by atoms with Crippen molar-refractivity contribution in [1.82, 2.24) is 4.57 Å². The van der Waals surface area contributed by atoms with Gasteiger partial charge < -0.3 is 14.2 Å². The second kappa shape index (κ2) is 12.8. The summed E-state index contributed by atoms with van der Waals surface area (Å²) >= 11 is 8.24. The number of hydrogen-bond acceptors (Lipinski definition) is 7. The quantitative estimate of drug-likeness (QED) is 0.201. The molecule has 1 aliphatic rings. The molecule has 0 saturated heterocycles. The molecule has 0 aliphatic carbocycles. The lowest BCUT2D eigenvalue weighted by Crippen LogP contribution is -2.40. The normalized spacial score (nSPS) is 14.9. The number of hydrogen-bond donors (Lipinski definition) is 0. The number of aromatic nitrogens is 1. The summed E-state index contributed by atoms with van der Waals surface area (Å²) in [5.41, 5.74) is 3.08. The Kier molecular flexibility index (Phi) is 9.15. The Morgan fingerprint density at radius 1 is 1.05 bits per heavy atom. The van der Waals surface area contributed by atoms with Crippen molar-refractivity contribution in [3.8, 4) is 11.5 Å². The number of esters is 1. The zero-order chi connectivity index (χ0) is 30.0. The molecule has 0 saturated carbocycles. The van der Waals surface area contributed by atoms with Crippen LogP contribution in [0.1, 0.15) is 43.5 Å². The number of halogens is 2. The van der Waals surface area contributed by atoms with Crippen LogP contribution in [0.2, 0.25) is 0 Å². The number of carbonyl (C=O) groups is 1. The molecule has 0 fully saturated rings. The van der Waals surface area contributed by atoms with Gasteiger partial charge in [-0.2, -0.15) is 0 Å². The highest BCUT2D eigenvalue weighted by atomic mass is 79.9. The Morgan fingerprint density at radius 2 is 1.74 bits per heavy atom. The second-order valence-corrected chi connectivity index (χ2v) is 12.7. The van der Waals surface area contributed by atoms with E-state index in [0.717, 1.165) is 25.8 Å². The molecule has 0 radical (unpaired) electrons. The maximum Gasteiger partial charge on any atom is 0.338 e. The van der Waals surface area contributed by atoms with Gasteiger partial charge in [-0.25, -0.2) is 9.79 Å². The maximum atomic E-state index is 14.0. The number of benzene rings is 3. The summed E-state index contributed by atoms with van der Waals surface area (Å²) in [4.78, 5) is 32.5. The monoisotopic (exact) mass is 710 g/mol. The predicted molar refractivity (Wildman–Crippen MR) is 171 cm³/mol. The number of carbonyl (C=O) groups excluding carboxylic acids is 1. The first-order valence-corrected chi connectivity index (χ1v) is 15.6. The van der Waals surface area contributed by atoms with Gasteiger partial charge in [0.2, 0.25) is 0 Å². The summed E-state index contributed by atoms with van der Waals surface area (Å²) in [6.07, 6.45) is 1.48. The Hall–Kier alpha value is -3.47. The summed E-state index contributed by atoms with van der Waals surface area (Å²) in [7, 11) is 1.56. The Balaban J connectivity index is 1.53. The molecule has 216 valence electrons. The van der Waals surface area contributed by atoms with Gasteiger partial charge in [0.05, 0.1) is 29.0 Å². The smallest absolute Gasteiger partial charge is 0.338 e. The third-order valence-corrected chi connectivity index (χ3v) is 8.57. The van der Waals surface area contributed by atoms with Crippen LogP contribution in [-0.2, 0) is 16.1 Å². The first-order chi connectivity index (χ1) is 20.1. The summed E-state index contributed by atoms with van der Waals surface area (Å²) in [6.45, 7) is 5.79. The topological polar surface area (TPSA) is 79.1 Å². The largest absolute Gasteiger partial charge is 0.496 e. The lowest BCUT2D eigenvalue weighted by molar-refractivity contribution is -0.143. The summed E-state index contributed by atoms with van der Waals surface area (Å²) in [6, 6.07) is 20.3. The van der Waals surface area contributed by atoms with Gasteiger partial charge in [-0.15, -0.1) is 0 Å². The fraction of sp³-hybridized carbons (Fsp3) is 0.219. The highest BCUT2D eigenvalue weighted by Gasteiger charge is 2.35. The average Bonchev–Trinajstić information content (AvgIpc) is 3.26. The van der Waals surface area contributed by atoms with Gasteiger partial charge in [0, 0.05) is 14.5 Å².